The molecule has 2 fully saturated rings. The lowest BCUT2D eigenvalue weighted by atomic mass is 9.83. The van der Waals surface area contributed by atoms with E-state index in [4.69, 9.17) is 4.74 Å². The van der Waals surface area contributed by atoms with Gasteiger partial charge in [-0.3, -0.25) is 4.90 Å². The highest BCUT2D eigenvalue weighted by atomic mass is 32.2. The molecule has 0 bridgehead atoms. The van der Waals surface area contributed by atoms with Gasteiger partial charge < -0.3 is 4.74 Å². The van der Waals surface area contributed by atoms with Gasteiger partial charge in [-0.1, -0.05) is 0 Å². The molecule has 1 atom stereocenters. The van der Waals surface area contributed by atoms with Crippen LogP contribution in [0.15, 0.2) is 12.3 Å². The lowest BCUT2D eigenvalue weighted by Crippen LogP contribution is -2.69. The van der Waals surface area contributed by atoms with E-state index in [-0.39, 0.29) is 11.7 Å². The van der Waals surface area contributed by atoms with Gasteiger partial charge in [0.05, 0.1) is 12.4 Å². The second kappa shape index (κ2) is 5.45. The number of hydrogen-bond donors (Lipinski definition) is 0. The minimum absolute atomic E-state index is 0.0246. The Hall–Kier alpha value is -1.21. The molecule has 0 N–H and O–H groups in total. The van der Waals surface area contributed by atoms with E-state index >= 15 is 0 Å². The van der Waals surface area contributed by atoms with E-state index in [0.29, 0.717) is 38.2 Å². The average molecular weight is 325 g/mol. The van der Waals surface area contributed by atoms with E-state index < -0.39 is 14.6 Å². The van der Waals surface area contributed by atoms with Crippen molar-refractivity contribution in [1.29, 1.82) is 0 Å². The van der Waals surface area contributed by atoms with Crippen molar-refractivity contribution in [3.63, 3.8) is 0 Å². The molecule has 1 aromatic rings. The third-order valence-corrected chi connectivity index (χ3v) is 7.56. The molecular formula is C15H23N3O3S. The molecule has 0 aromatic carbocycles. The number of hydrogen-bond acceptors (Lipinski definition) is 6. The zero-order chi connectivity index (χ0) is 16.0. The maximum Gasteiger partial charge on any atom is 0.316 e. The Morgan fingerprint density at radius 3 is 2.82 bits per heavy atom. The Bertz CT molecular complexity index is 654. The molecule has 0 amide bonds. The normalized spacial score (nSPS) is 26.3. The molecule has 22 heavy (non-hydrogen) atoms. The molecule has 122 valence electrons. The van der Waals surface area contributed by atoms with Crippen LogP contribution in [-0.2, 0) is 9.84 Å². The van der Waals surface area contributed by atoms with Gasteiger partial charge in [-0.05, 0) is 33.3 Å². The maximum absolute atomic E-state index is 12.5. The van der Waals surface area contributed by atoms with Crippen molar-refractivity contribution < 1.29 is 13.2 Å². The zero-order valence-corrected chi connectivity index (χ0v) is 14.1. The fraction of sp³-hybridized carbons (Fsp3) is 0.733. The van der Waals surface area contributed by atoms with Crippen LogP contribution in [-0.4, -0.2) is 59.5 Å². The molecular weight excluding hydrogens is 302 g/mol. The molecule has 6 nitrogen and oxygen atoms in total. The van der Waals surface area contributed by atoms with Crippen LogP contribution < -0.4 is 4.74 Å². The molecule has 1 spiro atoms. The van der Waals surface area contributed by atoms with Crippen molar-refractivity contribution in [2.45, 2.75) is 38.0 Å². The topological polar surface area (TPSA) is 72.4 Å². The predicted octanol–water partition coefficient (Wildman–Crippen LogP) is 1.06. The Balaban J connectivity index is 1.71. The average Bonchev–Trinajstić information content (AvgIpc) is 2.65. The maximum atomic E-state index is 12.5. The number of nitrogens with zero attached hydrogens (tertiary/aromatic N) is 3. The van der Waals surface area contributed by atoms with Crippen molar-refractivity contribution in [3.05, 3.63) is 18.0 Å². The summed E-state index contributed by atoms with van der Waals surface area (Å²) >= 11 is 0. The summed E-state index contributed by atoms with van der Waals surface area (Å²) in [6, 6.07) is 2.52. The Labute approximate surface area is 131 Å². The molecule has 2 aliphatic heterocycles. The highest BCUT2D eigenvalue weighted by Crippen LogP contribution is 2.45. The largest absolute Gasteiger partial charge is 0.463 e. The third kappa shape index (κ3) is 2.50. The molecule has 2 saturated heterocycles. The molecule has 0 radical (unpaired) electrons. The van der Waals surface area contributed by atoms with Gasteiger partial charge in [0, 0.05) is 36.9 Å². The van der Waals surface area contributed by atoms with Crippen molar-refractivity contribution in [3.8, 4) is 6.01 Å². The Morgan fingerprint density at radius 1 is 1.45 bits per heavy atom. The quantitative estimate of drug-likeness (QED) is 0.824. The second-order valence-electron chi connectivity index (χ2n) is 6.66. The summed E-state index contributed by atoms with van der Waals surface area (Å²) in [5, 5.41) is 0. The molecule has 3 rings (SSSR count). The summed E-state index contributed by atoms with van der Waals surface area (Å²) in [7, 11) is -3.04. The minimum Gasteiger partial charge on any atom is -0.463 e. The fourth-order valence-electron chi connectivity index (χ4n) is 3.38. The van der Waals surface area contributed by atoms with Gasteiger partial charge in [-0.25, -0.2) is 18.4 Å². The molecule has 3 heterocycles. The number of sulfone groups is 1. The number of rotatable bonds is 4. The van der Waals surface area contributed by atoms with Crippen molar-refractivity contribution in [1.82, 2.24) is 14.9 Å². The van der Waals surface area contributed by atoms with Crippen LogP contribution in [0.4, 0.5) is 0 Å². The van der Waals surface area contributed by atoms with E-state index in [1.54, 1.807) is 12.3 Å². The smallest absolute Gasteiger partial charge is 0.316 e. The summed E-state index contributed by atoms with van der Waals surface area (Å²) in [4.78, 5) is 10.5. The number of likely N-dealkylation sites (tertiary alicyclic amines) is 1. The minimum atomic E-state index is -3.04. The van der Waals surface area contributed by atoms with Crippen LogP contribution in [0.3, 0.4) is 0 Å². The van der Waals surface area contributed by atoms with Gasteiger partial charge in [0.25, 0.3) is 0 Å². The van der Waals surface area contributed by atoms with E-state index in [1.165, 1.54) is 0 Å². The highest BCUT2D eigenvalue weighted by Gasteiger charge is 2.61. The fourth-order valence-corrected chi connectivity index (χ4v) is 5.80. The molecule has 2 aliphatic rings. The standard InChI is InChI=1S/C15H23N3O3S/c1-11(2)18-9-15(10-18)13(5-7-22(15,19)20)8-21-14-16-6-4-12(3)17-14/h4,6,11,13H,5,7-10H2,1-3H3. The van der Waals surface area contributed by atoms with Crippen molar-refractivity contribution in [2.75, 3.05) is 25.4 Å². The second-order valence-corrected chi connectivity index (χ2v) is 9.11. The van der Waals surface area contributed by atoms with Gasteiger partial charge in [0.15, 0.2) is 9.84 Å². The lowest BCUT2D eigenvalue weighted by molar-refractivity contribution is 0.0401. The van der Waals surface area contributed by atoms with Crippen molar-refractivity contribution in [2.24, 2.45) is 5.92 Å². The molecule has 1 unspecified atom stereocenters. The molecule has 1 aromatic heterocycles. The molecule has 0 aliphatic carbocycles. The Kier molecular flexibility index (Phi) is 3.89. The van der Waals surface area contributed by atoms with Crippen LogP contribution in [0.2, 0.25) is 0 Å². The highest BCUT2D eigenvalue weighted by molar-refractivity contribution is 7.93. The monoisotopic (exact) mass is 325 g/mol. The molecule has 7 heteroatoms. The first-order valence-corrected chi connectivity index (χ1v) is 9.38. The lowest BCUT2D eigenvalue weighted by Gasteiger charge is -2.51. The predicted molar refractivity (Wildman–Crippen MR) is 83.6 cm³/mol. The van der Waals surface area contributed by atoms with E-state index in [0.717, 1.165) is 5.69 Å². The summed E-state index contributed by atoms with van der Waals surface area (Å²) in [6.45, 7) is 7.68. The van der Waals surface area contributed by atoms with Crippen LogP contribution >= 0.6 is 0 Å². The van der Waals surface area contributed by atoms with Gasteiger partial charge in [-0.15, -0.1) is 0 Å². The SMILES string of the molecule is Cc1ccnc(OCC2CCS(=O)(=O)C23CN(C(C)C)C3)n1. The number of aryl methyl sites for hydroxylation is 1. The van der Waals surface area contributed by atoms with Gasteiger partial charge >= 0.3 is 6.01 Å². The first-order valence-electron chi connectivity index (χ1n) is 7.73. The van der Waals surface area contributed by atoms with Crippen LogP contribution in [0, 0.1) is 12.8 Å². The van der Waals surface area contributed by atoms with Gasteiger partial charge in [0.1, 0.15) is 4.75 Å². The van der Waals surface area contributed by atoms with E-state index in [1.807, 2.05) is 6.92 Å². The summed E-state index contributed by atoms with van der Waals surface area (Å²) < 4.78 is 30.1. The summed E-state index contributed by atoms with van der Waals surface area (Å²) in [5.41, 5.74) is 0.841. The van der Waals surface area contributed by atoms with E-state index in [2.05, 4.69) is 28.7 Å². The summed E-state index contributed by atoms with van der Waals surface area (Å²) in [6.07, 6.45) is 2.32. The van der Waals surface area contributed by atoms with Gasteiger partial charge in [0.2, 0.25) is 0 Å². The van der Waals surface area contributed by atoms with Crippen LogP contribution in [0.1, 0.15) is 26.0 Å². The first kappa shape index (κ1) is 15.7. The van der Waals surface area contributed by atoms with Crippen LogP contribution in [0.5, 0.6) is 6.01 Å². The van der Waals surface area contributed by atoms with Crippen molar-refractivity contribution >= 4 is 9.84 Å². The summed E-state index contributed by atoms with van der Waals surface area (Å²) in [5.74, 6) is 0.290. The number of ether oxygens (including phenoxy) is 1. The van der Waals surface area contributed by atoms with Crippen LogP contribution in [0.25, 0.3) is 0 Å². The molecule has 0 saturated carbocycles. The Morgan fingerprint density at radius 2 is 2.18 bits per heavy atom. The van der Waals surface area contributed by atoms with Gasteiger partial charge in [-0.2, -0.15) is 0 Å². The van der Waals surface area contributed by atoms with E-state index in [9.17, 15) is 8.42 Å². The number of aromatic nitrogens is 2. The third-order valence-electron chi connectivity index (χ3n) is 4.96. The first-order chi connectivity index (χ1) is 10.3. The zero-order valence-electron chi connectivity index (χ0n) is 13.3.